The lowest BCUT2D eigenvalue weighted by molar-refractivity contribution is -0.386. The van der Waals surface area contributed by atoms with Gasteiger partial charge in [-0.25, -0.2) is 0 Å². The number of carbonyl (C=O) groups excluding carboxylic acids is 1. The van der Waals surface area contributed by atoms with Gasteiger partial charge >= 0.3 is 5.69 Å². The number of amides is 1. The second-order valence-electron chi connectivity index (χ2n) is 7.85. The van der Waals surface area contributed by atoms with Crippen LogP contribution < -0.4 is 4.74 Å². The van der Waals surface area contributed by atoms with E-state index in [9.17, 15) is 14.9 Å². The van der Waals surface area contributed by atoms with Gasteiger partial charge in [0.1, 0.15) is 6.61 Å². The topological polar surface area (TPSA) is 72.7 Å². The van der Waals surface area contributed by atoms with Crippen molar-refractivity contribution in [2.24, 2.45) is 0 Å². The first-order valence-corrected chi connectivity index (χ1v) is 10.9. The quantitative estimate of drug-likeness (QED) is 0.230. The summed E-state index contributed by atoms with van der Waals surface area (Å²) in [6.45, 7) is 0.965. The maximum atomic E-state index is 13.5. The summed E-state index contributed by atoms with van der Waals surface area (Å²) in [6.07, 6.45) is 0. The monoisotopic (exact) mass is 452 g/mol. The van der Waals surface area contributed by atoms with Gasteiger partial charge in [0.15, 0.2) is 5.75 Å². The van der Waals surface area contributed by atoms with Crippen LogP contribution in [0, 0.1) is 10.1 Å². The molecule has 6 nitrogen and oxygen atoms in total. The molecule has 0 saturated carbocycles. The van der Waals surface area contributed by atoms with E-state index in [0.717, 1.165) is 16.7 Å². The van der Waals surface area contributed by atoms with Crippen molar-refractivity contribution in [1.29, 1.82) is 0 Å². The predicted octanol–water partition coefficient (Wildman–Crippen LogP) is 6.02. The van der Waals surface area contributed by atoms with E-state index in [1.165, 1.54) is 12.1 Å². The molecule has 0 unspecified atom stereocenters. The fourth-order valence-corrected chi connectivity index (χ4v) is 3.64. The lowest BCUT2D eigenvalue weighted by atomic mass is 10.1. The largest absolute Gasteiger partial charge is 0.482 e. The van der Waals surface area contributed by atoms with Gasteiger partial charge in [-0.3, -0.25) is 14.9 Å². The molecule has 4 rings (SSSR count). The van der Waals surface area contributed by atoms with Gasteiger partial charge in [0.25, 0.3) is 5.91 Å². The smallest absolute Gasteiger partial charge is 0.311 e. The average molecular weight is 453 g/mol. The van der Waals surface area contributed by atoms with Crippen LogP contribution in [0.1, 0.15) is 27.0 Å². The van der Waals surface area contributed by atoms with Gasteiger partial charge in [-0.05, 0) is 28.8 Å². The summed E-state index contributed by atoms with van der Waals surface area (Å²) in [5.74, 6) is -0.159. The number of rotatable bonds is 9. The fourth-order valence-electron chi connectivity index (χ4n) is 3.64. The Kier molecular flexibility index (Phi) is 7.30. The molecule has 0 fully saturated rings. The Bertz CT molecular complexity index is 1200. The molecule has 0 atom stereocenters. The van der Waals surface area contributed by atoms with E-state index in [1.54, 1.807) is 11.0 Å². The maximum Gasteiger partial charge on any atom is 0.311 e. The summed E-state index contributed by atoms with van der Waals surface area (Å²) in [5.41, 5.74) is 2.86. The number of ether oxygens (including phenoxy) is 1. The van der Waals surface area contributed by atoms with Crippen molar-refractivity contribution in [3.63, 3.8) is 0 Å². The van der Waals surface area contributed by atoms with E-state index in [0.29, 0.717) is 13.1 Å². The molecule has 34 heavy (non-hydrogen) atoms. The van der Waals surface area contributed by atoms with Crippen LogP contribution in [0.15, 0.2) is 109 Å². The first-order chi connectivity index (χ1) is 16.6. The van der Waals surface area contributed by atoms with Crippen LogP contribution >= 0.6 is 0 Å². The van der Waals surface area contributed by atoms with Crippen molar-refractivity contribution in [3.8, 4) is 5.75 Å². The SMILES string of the molecule is O=C(c1ccc(OCc2ccccc2)c([N+](=O)[O-])c1)N(Cc1ccccc1)Cc1ccccc1. The zero-order valence-electron chi connectivity index (χ0n) is 18.5. The molecule has 4 aromatic rings. The molecule has 0 saturated heterocycles. The number of carbonyl (C=O) groups is 1. The number of nitro benzene ring substituents is 1. The van der Waals surface area contributed by atoms with Gasteiger partial charge in [0.2, 0.25) is 0 Å². The van der Waals surface area contributed by atoms with Crippen LogP contribution in [0.4, 0.5) is 5.69 Å². The minimum absolute atomic E-state index is 0.128. The number of nitro groups is 1. The van der Waals surface area contributed by atoms with Gasteiger partial charge in [0.05, 0.1) is 4.92 Å². The first kappa shape index (κ1) is 22.7. The maximum absolute atomic E-state index is 13.5. The Morgan fingerprint density at radius 3 is 1.74 bits per heavy atom. The highest BCUT2D eigenvalue weighted by Gasteiger charge is 2.23. The summed E-state index contributed by atoms with van der Waals surface area (Å²) in [5, 5.41) is 11.8. The standard InChI is InChI=1S/C28H24N2O4/c31-28(29(19-22-10-4-1-5-11-22)20-23-12-6-2-7-13-23)25-16-17-27(26(18-25)30(32)33)34-21-24-14-8-3-9-15-24/h1-18H,19-21H2. The van der Waals surface area contributed by atoms with Crippen molar-refractivity contribution < 1.29 is 14.5 Å². The highest BCUT2D eigenvalue weighted by atomic mass is 16.6. The van der Waals surface area contributed by atoms with Crippen molar-refractivity contribution in [3.05, 3.63) is 142 Å². The zero-order valence-corrected chi connectivity index (χ0v) is 18.5. The summed E-state index contributed by atoms with van der Waals surface area (Å²) >= 11 is 0. The summed E-state index contributed by atoms with van der Waals surface area (Å²) < 4.78 is 5.70. The Balaban J connectivity index is 1.59. The average Bonchev–Trinajstić information content (AvgIpc) is 2.88. The van der Waals surface area contributed by atoms with Gasteiger partial charge in [-0.15, -0.1) is 0 Å². The molecule has 0 aliphatic carbocycles. The molecule has 0 aliphatic heterocycles. The first-order valence-electron chi connectivity index (χ1n) is 10.9. The summed E-state index contributed by atoms with van der Waals surface area (Å²) in [6, 6.07) is 33.1. The van der Waals surface area contributed by atoms with E-state index in [2.05, 4.69) is 0 Å². The molecule has 0 bridgehead atoms. The lowest BCUT2D eigenvalue weighted by Gasteiger charge is -2.23. The van der Waals surface area contributed by atoms with Crippen molar-refractivity contribution >= 4 is 11.6 Å². The number of nitrogens with zero attached hydrogens (tertiary/aromatic N) is 2. The second kappa shape index (κ2) is 10.9. The molecular weight excluding hydrogens is 428 g/mol. The third-order valence-electron chi connectivity index (χ3n) is 5.36. The number of benzene rings is 4. The van der Waals surface area contributed by atoms with Gasteiger partial charge in [-0.2, -0.15) is 0 Å². The Morgan fingerprint density at radius 1 is 0.735 bits per heavy atom. The molecule has 0 radical (unpaired) electrons. The molecule has 0 aromatic heterocycles. The van der Waals surface area contributed by atoms with E-state index in [4.69, 9.17) is 4.74 Å². The van der Waals surface area contributed by atoms with Crippen LogP contribution in [-0.2, 0) is 19.7 Å². The van der Waals surface area contributed by atoms with Gasteiger partial charge in [-0.1, -0.05) is 91.0 Å². The zero-order chi connectivity index (χ0) is 23.8. The normalized spacial score (nSPS) is 10.5. The molecule has 1 amide bonds. The van der Waals surface area contributed by atoms with Crippen LogP contribution in [0.25, 0.3) is 0 Å². The van der Waals surface area contributed by atoms with Crippen molar-refractivity contribution in [2.45, 2.75) is 19.7 Å². The molecule has 170 valence electrons. The molecule has 0 heterocycles. The van der Waals surface area contributed by atoms with Gasteiger partial charge < -0.3 is 9.64 Å². The van der Waals surface area contributed by atoms with Crippen LogP contribution in [0.2, 0.25) is 0 Å². The van der Waals surface area contributed by atoms with Crippen LogP contribution in [0.3, 0.4) is 0 Å². The highest BCUT2D eigenvalue weighted by molar-refractivity contribution is 5.95. The lowest BCUT2D eigenvalue weighted by Crippen LogP contribution is -2.30. The third-order valence-corrected chi connectivity index (χ3v) is 5.36. The minimum Gasteiger partial charge on any atom is -0.482 e. The van der Waals surface area contributed by atoms with E-state index in [1.807, 2.05) is 91.0 Å². The second-order valence-corrected chi connectivity index (χ2v) is 7.85. The predicted molar refractivity (Wildman–Crippen MR) is 130 cm³/mol. The summed E-state index contributed by atoms with van der Waals surface area (Å²) in [4.78, 5) is 26.4. The van der Waals surface area contributed by atoms with E-state index in [-0.39, 0.29) is 29.5 Å². The Morgan fingerprint density at radius 2 is 1.24 bits per heavy atom. The van der Waals surface area contributed by atoms with Crippen molar-refractivity contribution in [1.82, 2.24) is 4.90 Å². The molecule has 4 aromatic carbocycles. The summed E-state index contributed by atoms with van der Waals surface area (Å²) in [7, 11) is 0. The Hall–Kier alpha value is -4.45. The molecule has 6 heteroatoms. The fraction of sp³-hybridized carbons (Fsp3) is 0.107. The van der Waals surface area contributed by atoms with E-state index < -0.39 is 4.92 Å². The molecule has 0 spiro atoms. The van der Waals surface area contributed by atoms with Crippen molar-refractivity contribution in [2.75, 3.05) is 0 Å². The highest BCUT2D eigenvalue weighted by Crippen LogP contribution is 2.30. The molecule has 0 aliphatic rings. The number of hydrogen-bond donors (Lipinski definition) is 0. The number of hydrogen-bond acceptors (Lipinski definition) is 4. The van der Waals surface area contributed by atoms with Gasteiger partial charge in [0, 0.05) is 24.7 Å². The van der Waals surface area contributed by atoms with Crippen LogP contribution in [0.5, 0.6) is 5.75 Å². The van der Waals surface area contributed by atoms with Crippen LogP contribution in [-0.4, -0.2) is 15.7 Å². The minimum atomic E-state index is -0.518. The molecular formula is C28H24N2O4. The van der Waals surface area contributed by atoms with E-state index >= 15 is 0 Å². The molecule has 0 N–H and O–H groups in total. The Labute approximate surface area is 198 Å². The third kappa shape index (κ3) is 5.86.